The van der Waals surface area contributed by atoms with Gasteiger partial charge in [-0.15, -0.1) is 0 Å². The first kappa shape index (κ1) is 20.1. The molecule has 2 aromatic rings. The average Bonchev–Trinajstić information content (AvgIpc) is 3.07. The van der Waals surface area contributed by atoms with Crippen LogP contribution >= 0.6 is 0 Å². The molecule has 150 valence electrons. The fourth-order valence-electron chi connectivity index (χ4n) is 2.94. The summed E-state index contributed by atoms with van der Waals surface area (Å²) in [6, 6.07) is 16.4. The lowest BCUT2D eigenvalue weighted by Gasteiger charge is -2.26. The molecule has 0 aliphatic carbocycles. The van der Waals surface area contributed by atoms with Crippen molar-refractivity contribution in [2.75, 3.05) is 6.67 Å². The Morgan fingerprint density at radius 1 is 0.690 bits per heavy atom. The molecule has 29 heavy (non-hydrogen) atoms. The van der Waals surface area contributed by atoms with Gasteiger partial charge in [0.25, 0.3) is 0 Å². The Hall–Kier alpha value is -3.68. The number of hydrogen-bond acceptors (Lipinski definition) is 6. The maximum Gasteiger partial charge on any atom is 0.340 e. The lowest BCUT2D eigenvalue weighted by molar-refractivity contribution is -0.145. The minimum absolute atomic E-state index is 0.163. The summed E-state index contributed by atoms with van der Waals surface area (Å²) < 4.78 is 11.0. The van der Waals surface area contributed by atoms with Gasteiger partial charge in [-0.05, 0) is 24.3 Å². The zero-order valence-electron chi connectivity index (χ0n) is 16.0. The molecule has 2 unspecified atom stereocenters. The van der Waals surface area contributed by atoms with Gasteiger partial charge in [-0.3, -0.25) is 19.4 Å². The Morgan fingerprint density at radius 2 is 1.03 bits per heavy atom. The van der Waals surface area contributed by atoms with E-state index < -0.39 is 36.2 Å². The second-order valence-electron chi connectivity index (χ2n) is 6.44. The molecule has 0 saturated carbocycles. The summed E-state index contributed by atoms with van der Waals surface area (Å²) in [5, 5.41) is 0. The molecule has 0 N–H and O–H groups in total. The summed E-state index contributed by atoms with van der Waals surface area (Å²) in [6.45, 7) is 2.40. The minimum Gasteiger partial charge on any atom is -0.432 e. The topological polar surface area (TPSA) is 93.2 Å². The van der Waals surface area contributed by atoms with Gasteiger partial charge in [0.2, 0.25) is 24.3 Å². The molecular formula is C21H20N2O6. The molecule has 2 aromatic carbocycles. The molecule has 2 amide bonds. The zero-order chi connectivity index (χ0) is 21.0. The second-order valence-corrected chi connectivity index (χ2v) is 6.44. The molecule has 2 atom stereocenters. The normalized spacial score (nSPS) is 18.3. The minimum atomic E-state index is -1.27. The van der Waals surface area contributed by atoms with Crippen molar-refractivity contribution < 1.29 is 28.7 Å². The largest absolute Gasteiger partial charge is 0.432 e. The van der Waals surface area contributed by atoms with Gasteiger partial charge in [-0.25, -0.2) is 9.59 Å². The monoisotopic (exact) mass is 396 g/mol. The third-order valence-corrected chi connectivity index (χ3v) is 4.45. The lowest BCUT2D eigenvalue weighted by atomic mass is 10.2. The van der Waals surface area contributed by atoms with Gasteiger partial charge in [-0.2, -0.15) is 0 Å². The van der Waals surface area contributed by atoms with Crippen molar-refractivity contribution in [1.82, 2.24) is 9.80 Å². The summed E-state index contributed by atoms with van der Waals surface area (Å²) in [5.41, 5.74) is 0.538. The number of rotatable bonds is 4. The van der Waals surface area contributed by atoms with Crippen LogP contribution in [0.5, 0.6) is 0 Å². The number of hydrogen-bond donors (Lipinski definition) is 0. The van der Waals surface area contributed by atoms with E-state index in [-0.39, 0.29) is 17.8 Å². The third kappa shape index (κ3) is 4.43. The standard InChI is InChI=1S/C21H20N2O6/c1-14(24)22-13-23(15(2)25)19(29-21(27)17-11-7-4-8-12-17)18(22)28-20(26)16-9-5-3-6-10-16/h3-12,18-19H,13H2,1-2H3. The number of amides is 2. The second kappa shape index (κ2) is 8.55. The predicted octanol–water partition coefficient (Wildman–Crippen LogP) is 2.02. The molecule has 8 heteroatoms. The number of nitrogens with zero attached hydrogens (tertiary/aromatic N) is 2. The van der Waals surface area contributed by atoms with Gasteiger partial charge < -0.3 is 9.47 Å². The molecule has 1 aliphatic rings. The molecule has 3 rings (SSSR count). The first-order valence-corrected chi connectivity index (χ1v) is 8.95. The van der Waals surface area contributed by atoms with Crippen molar-refractivity contribution in [3.8, 4) is 0 Å². The zero-order valence-corrected chi connectivity index (χ0v) is 16.0. The van der Waals surface area contributed by atoms with Crippen molar-refractivity contribution in [3.63, 3.8) is 0 Å². The van der Waals surface area contributed by atoms with Crippen molar-refractivity contribution in [1.29, 1.82) is 0 Å². The van der Waals surface area contributed by atoms with Gasteiger partial charge in [-0.1, -0.05) is 36.4 Å². The van der Waals surface area contributed by atoms with Crippen LogP contribution in [-0.4, -0.2) is 52.7 Å². The number of benzene rings is 2. The molecule has 1 aliphatic heterocycles. The molecule has 8 nitrogen and oxygen atoms in total. The maximum atomic E-state index is 12.5. The van der Waals surface area contributed by atoms with Crippen molar-refractivity contribution in [2.24, 2.45) is 0 Å². The van der Waals surface area contributed by atoms with Crippen LogP contribution in [0.25, 0.3) is 0 Å². The Bertz CT molecular complexity index is 840. The van der Waals surface area contributed by atoms with E-state index in [2.05, 4.69) is 0 Å². The summed E-state index contributed by atoms with van der Waals surface area (Å²) >= 11 is 0. The van der Waals surface area contributed by atoms with Gasteiger partial charge >= 0.3 is 11.9 Å². The van der Waals surface area contributed by atoms with Crippen molar-refractivity contribution >= 4 is 23.8 Å². The van der Waals surface area contributed by atoms with E-state index in [1.807, 2.05) is 0 Å². The first-order chi connectivity index (χ1) is 13.9. The highest BCUT2D eigenvalue weighted by atomic mass is 16.6. The summed E-state index contributed by atoms with van der Waals surface area (Å²) in [6.07, 6.45) is -2.53. The van der Waals surface area contributed by atoms with Crippen LogP contribution < -0.4 is 0 Å². The Morgan fingerprint density at radius 3 is 1.34 bits per heavy atom. The fourth-order valence-corrected chi connectivity index (χ4v) is 2.94. The summed E-state index contributed by atoms with van der Waals surface area (Å²) in [5.74, 6) is -2.26. The Labute approximate surface area is 167 Å². The van der Waals surface area contributed by atoms with Crippen LogP contribution in [0, 0.1) is 0 Å². The van der Waals surface area contributed by atoms with Crippen LogP contribution in [0.3, 0.4) is 0 Å². The van der Waals surface area contributed by atoms with Crippen molar-refractivity contribution in [2.45, 2.75) is 26.3 Å². The quantitative estimate of drug-likeness (QED) is 0.734. The van der Waals surface area contributed by atoms with Crippen LogP contribution in [0.1, 0.15) is 34.6 Å². The fraction of sp³-hybridized carbons (Fsp3) is 0.238. The summed E-state index contributed by atoms with van der Waals surface area (Å²) in [4.78, 5) is 51.6. The maximum absolute atomic E-state index is 12.5. The Kier molecular flexibility index (Phi) is 5.92. The smallest absolute Gasteiger partial charge is 0.340 e. The number of ether oxygens (including phenoxy) is 2. The highest BCUT2D eigenvalue weighted by Crippen LogP contribution is 2.25. The SMILES string of the molecule is CC(=O)N1CN(C(C)=O)C(OC(=O)c2ccccc2)C1OC(=O)c1ccccc1. The molecule has 0 aromatic heterocycles. The van der Waals surface area contributed by atoms with Gasteiger partial charge in [0.05, 0.1) is 11.1 Å². The lowest BCUT2D eigenvalue weighted by Crippen LogP contribution is -2.45. The number of esters is 2. The van der Waals surface area contributed by atoms with E-state index in [0.717, 1.165) is 0 Å². The van der Waals surface area contributed by atoms with Crippen LogP contribution in [0.4, 0.5) is 0 Å². The third-order valence-electron chi connectivity index (χ3n) is 4.45. The molecule has 1 saturated heterocycles. The van der Waals surface area contributed by atoms with E-state index in [9.17, 15) is 19.2 Å². The van der Waals surface area contributed by atoms with E-state index >= 15 is 0 Å². The van der Waals surface area contributed by atoms with Crippen LogP contribution in [0.15, 0.2) is 60.7 Å². The molecule has 0 spiro atoms. The van der Waals surface area contributed by atoms with E-state index in [0.29, 0.717) is 0 Å². The van der Waals surface area contributed by atoms with Crippen LogP contribution in [-0.2, 0) is 19.1 Å². The van der Waals surface area contributed by atoms with Crippen LogP contribution in [0.2, 0.25) is 0 Å². The molecule has 0 radical (unpaired) electrons. The number of carbonyl (C=O) groups is 4. The molecule has 1 fully saturated rings. The highest BCUT2D eigenvalue weighted by Gasteiger charge is 2.48. The Balaban J connectivity index is 1.89. The highest BCUT2D eigenvalue weighted by molar-refractivity contribution is 5.91. The first-order valence-electron chi connectivity index (χ1n) is 8.95. The van der Waals surface area contributed by atoms with E-state index in [1.54, 1.807) is 60.7 Å². The van der Waals surface area contributed by atoms with E-state index in [1.165, 1.54) is 23.6 Å². The van der Waals surface area contributed by atoms with Gasteiger partial charge in [0.15, 0.2) is 0 Å². The number of carbonyl (C=O) groups excluding carboxylic acids is 4. The van der Waals surface area contributed by atoms with E-state index in [4.69, 9.17) is 9.47 Å². The van der Waals surface area contributed by atoms with Crippen molar-refractivity contribution in [3.05, 3.63) is 71.8 Å². The molecule has 0 bridgehead atoms. The van der Waals surface area contributed by atoms with Gasteiger partial charge in [0, 0.05) is 13.8 Å². The van der Waals surface area contributed by atoms with Gasteiger partial charge in [0.1, 0.15) is 6.67 Å². The summed E-state index contributed by atoms with van der Waals surface area (Å²) in [7, 11) is 0. The molecule has 1 heterocycles. The predicted molar refractivity (Wildman–Crippen MR) is 101 cm³/mol. The molecular weight excluding hydrogens is 376 g/mol. The average molecular weight is 396 g/mol.